The zero-order valence-corrected chi connectivity index (χ0v) is 16.4. The van der Waals surface area contributed by atoms with Crippen molar-refractivity contribution in [3.05, 3.63) is 82.3 Å². The first-order valence-corrected chi connectivity index (χ1v) is 9.32. The lowest BCUT2D eigenvalue weighted by atomic mass is 10.00. The molecule has 0 saturated carbocycles. The molecule has 0 aliphatic carbocycles. The number of halogens is 4. The van der Waals surface area contributed by atoms with Crippen LogP contribution in [0.25, 0.3) is 10.8 Å². The van der Waals surface area contributed by atoms with E-state index in [0.717, 1.165) is 16.3 Å². The molecule has 3 aromatic carbocycles. The molecular formula is C21H17BrF3NO2. The molecule has 0 unspecified atom stereocenters. The van der Waals surface area contributed by atoms with Crippen LogP contribution in [0.3, 0.4) is 0 Å². The summed E-state index contributed by atoms with van der Waals surface area (Å²) >= 11 is 3.17. The quantitative estimate of drug-likeness (QED) is 0.479. The van der Waals surface area contributed by atoms with Gasteiger partial charge in [-0.25, -0.2) is 4.79 Å². The Balaban J connectivity index is 1.78. The van der Waals surface area contributed by atoms with E-state index in [4.69, 9.17) is 4.74 Å². The van der Waals surface area contributed by atoms with Gasteiger partial charge in [0.05, 0.1) is 6.04 Å². The zero-order valence-electron chi connectivity index (χ0n) is 14.8. The second kappa shape index (κ2) is 8.22. The highest BCUT2D eigenvalue weighted by molar-refractivity contribution is 9.10. The van der Waals surface area contributed by atoms with Gasteiger partial charge in [0.1, 0.15) is 0 Å². The van der Waals surface area contributed by atoms with Gasteiger partial charge in [0.2, 0.25) is 6.10 Å². The molecule has 1 N–H and O–H groups in total. The average Bonchev–Trinajstić information content (AvgIpc) is 2.65. The summed E-state index contributed by atoms with van der Waals surface area (Å²) < 4.78 is 45.6. The number of nitrogens with one attached hydrogen (secondary N) is 1. The minimum atomic E-state index is -4.73. The summed E-state index contributed by atoms with van der Waals surface area (Å²) in [6.45, 7) is 1.70. The standard InChI is InChI=1S/C21H17BrF3NO2/c1-13(17-8-4-6-14-5-2-3-7-18(14)17)26-20(27)28-19(21(23,24)25)15-9-11-16(22)12-10-15/h2-13,19H,1H3,(H,26,27)/t13-,19+/m0/s1. The molecule has 146 valence electrons. The van der Waals surface area contributed by atoms with Crippen molar-refractivity contribution in [1.29, 1.82) is 0 Å². The maximum Gasteiger partial charge on any atom is 0.429 e. The molecule has 0 fully saturated rings. The topological polar surface area (TPSA) is 38.3 Å². The first-order chi connectivity index (χ1) is 13.3. The van der Waals surface area contributed by atoms with Gasteiger partial charge in [0.15, 0.2) is 0 Å². The summed E-state index contributed by atoms with van der Waals surface area (Å²) in [5, 5.41) is 4.39. The maximum atomic E-state index is 13.4. The average molecular weight is 452 g/mol. The van der Waals surface area contributed by atoms with E-state index in [1.54, 1.807) is 6.92 Å². The van der Waals surface area contributed by atoms with Gasteiger partial charge in [-0.05, 0) is 35.4 Å². The molecule has 3 nitrogen and oxygen atoms in total. The Kier molecular flexibility index (Phi) is 5.93. The molecule has 28 heavy (non-hydrogen) atoms. The third-order valence-electron chi connectivity index (χ3n) is 4.32. The fourth-order valence-electron chi connectivity index (χ4n) is 2.99. The van der Waals surface area contributed by atoms with Crippen molar-refractivity contribution < 1.29 is 22.7 Å². The lowest BCUT2D eigenvalue weighted by molar-refractivity contribution is -0.206. The number of carbonyl (C=O) groups is 1. The third-order valence-corrected chi connectivity index (χ3v) is 4.85. The van der Waals surface area contributed by atoms with E-state index in [-0.39, 0.29) is 5.56 Å². The molecule has 0 aliphatic rings. The largest absolute Gasteiger partial charge is 0.432 e. The lowest BCUT2D eigenvalue weighted by Crippen LogP contribution is -2.33. The van der Waals surface area contributed by atoms with E-state index < -0.39 is 24.4 Å². The number of alkyl carbamates (subject to hydrolysis) is 1. The van der Waals surface area contributed by atoms with E-state index in [0.29, 0.717) is 4.47 Å². The van der Waals surface area contributed by atoms with Crippen LogP contribution in [0.2, 0.25) is 0 Å². The van der Waals surface area contributed by atoms with Gasteiger partial charge in [0, 0.05) is 10.0 Å². The number of benzene rings is 3. The molecular weight excluding hydrogens is 435 g/mol. The summed E-state index contributed by atoms with van der Waals surface area (Å²) in [7, 11) is 0. The Bertz CT molecular complexity index is 968. The Labute approximate surface area is 168 Å². The van der Waals surface area contributed by atoms with Gasteiger partial charge < -0.3 is 10.1 Å². The summed E-state index contributed by atoms with van der Waals surface area (Å²) in [4.78, 5) is 12.2. The summed E-state index contributed by atoms with van der Waals surface area (Å²) in [6.07, 6.45) is -8.21. The van der Waals surface area contributed by atoms with E-state index in [2.05, 4.69) is 21.2 Å². The van der Waals surface area contributed by atoms with Crippen molar-refractivity contribution in [1.82, 2.24) is 5.32 Å². The third kappa shape index (κ3) is 4.65. The number of ether oxygens (including phenoxy) is 1. The number of fused-ring (bicyclic) bond motifs is 1. The normalized spacial score (nSPS) is 13.8. The van der Waals surface area contributed by atoms with Crippen LogP contribution in [0.1, 0.15) is 30.2 Å². The second-order valence-corrected chi connectivity index (χ2v) is 7.23. The van der Waals surface area contributed by atoms with Gasteiger partial charge in [-0.15, -0.1) is 0 Å². The SMILES string of the molecule is C[C@H](NC(=O)O[C@H](c1ccc(Br)cc1)C(F)(F)F)c1cccc2ccccc12. The van der Waals surface area contributed by atoms with E-state index >= 15 is 0 Å². The second-order valence-electron chi connectivity index (χ2n) is 6.31. The molecule has 0 aromatic heterocycles. The van der Waals surface area contributed by atoms with Crippen molar-refractivity contribution in [3.63, 3.8) is 0 Å². The molecule has 0 bridgehead atoms. The number of amides is 1. The van der Waals surface area contributed by atoms with Crippen LogP contribution in [-0.4, -0.2) is 12.3 Å². The predicted octanol–water partition coefficient (Wildman–Crippen LogP) is 6.69. The van der Waals surface area contributed by atoms with Crippen molar-refractivity contribution >= 4 is 32.8 Å². The predicted molar refractivity (Wildman–Crippen MR) is 105 cm³/mol. The van der Waals surface area contributed by atoms with E-state index in [1.165, 1.54) is 24.3 Å². The number of hydrogen-bond donors (Lipinski definition) is 1. The highest BCUT2D eigenvalue weighted by Gasteiger charge is 2.44. The molecule has 2 atom stereocenters. The summed E-state index contributed by atoms with van der Waals surface area (Å²) in [6, 6.07) is 18.1. The molecule has 0 radical (unpaired) electrons. The van der Waals surface area contributed by atoms with Crippen LogP contribution in [0.15, 0.2) is 71.2 Å². The highest BCUT2D eigenvalue weighted by Crippen LogP contribution is 2.36. The number of carbonyl (C=O) groups excluding carboxylic acids is 1. The first kappa shape index (κ1) is 20.2. The molecule has 0 saturated heterocycles. The molecule has 3 aromatic rings. The fourth-order valence-corrected chi connectivity index (χ4v) is 3.25. The minimum absolute atomic E-state index is 0.149. The van der Waals surface area contributed by atoms with Crippen LogP contribution in [0, 0.1) is 0 Å². The minimum Gasteiger partial charge on any atom is -0.432 e. The zero-order chi connectivity index (χ0) is 20.3. The summed E-state index contributed by atoms with van der Waals surface area (Å²) in [5.74, 6) is 0. The van der Waals surface area contributed by atoms with Crippen molar-refractivity contribution in [2.75, 3.05) is 0 Å². The van der Waals surface area contributed by atoms with Crippen LogP contribution in [0.5, 0.6) is 0 Å². The summed E-state index contributed by atoms with van der Waals surface area (Å²) in [5.41, 5.74) is 0.644. The van der Waals surface area contributed by atoms with Crippen LogP contribution in [-0.2, 0) is 4.74 Å². The first-order valence-electron chi connectivity index (χ1n) is 8.52. The smallest absolute Gasteiger partial charge is 0.429 e. The van der Waals surface area contributed by atoms with Gasteiger partial charge in [-0.1, -0.05) is 70.5 Å². The van der Waals surface area contributed by atoms with E-state index in [9.17, 15) is 18.0 Å². The van der Waals surface area contributed by atoms with Gasteiger partial charge in [-0.2, -0.15) is 13.2 Å². The number of hydrogen-bond acceptors (Lipinski definition) is 2. The Morgan fingerprint density at radius 1 is 1.00 bits per heavy atom. The van der Waals surface area contributed by atoms with Gasteiger partial charge in [-0.3, -0.25) is 0 Å². The van der Waals surface area contributed by atoms with E-state index in [1.807, 2.05) is 42.5 Å². The maximum absolute atomic E-state index is 13.4. The number of rotatable bonds is 4. The van der Waals surface area contributed by atoms with Crippen LogP contribution in [0.4, 0.5) is 18.0 Å². The van der Waals surface area contributed by atoms with Crippen molar-refractivity contribution in [3.8, 4) is 0 Å². The molecule has 0 spiro atoms. The van der Waals surface area contributed by atoms with Crippen molar-refractivity contribution in [2.24, 2.45) is 0 Å². The van der Waals surface area contributed by atoms with Crippen LogP contribution >= 0.6 is 15.9 Å². The monoisotopic (exact) mass is 451 g/mol. The van der Waals surface area contributed by atoms with Crippen LogP contribution < -0.4 is 5.32 Å². The molecule has 3 rings (SSSR count). The van der Waals surface area contributed by atoms with Crippen molar-refractivity contribution in [2.45, 2.75) is 25.2 Å². The molecule has 0 aliphatic heterocycles. The fraction of sp³-hybridized carbons (Fsp3) is 0.190. The Morgan fingerprint density at radius 2 is 1.64 bits per heavy atom. The Hall–Kier alpha value is -2.54. The molecule has 1 amide bonds. The number of alkyl halides is 3. The molecule has 0 heterocycles. The lowest BCUT2D eigenvalue weighted by Gasteiger charge is -2.23. The van der Waals surface area contributed by atoms with Gasteiger partial charge >= 0.3 is 12.3 Å². The Morgan fingerprint density at radius 3 is 2.32 bits per heavy atom. The highest BCUT2D eigenvalue weighted by atomic mass is 79.9. The molecule has 7 heteroatoms. The van der Waals surface area contributed by atoms with Gasteiger partial charge in [0.25, 0.3) is 0 Å².